The molecule has 0 aliphatic heterocycles. The average Bonchev–Trinajstić information content (AvgIpc) is 3.23. The lowest BCUT2D eigenvalue weighted by molar-refractivity contribution is -0.141. The summed E-state index contributed by atoms with van der Waals surface area (Å²) in [5.74, 6) is -4.86. The smallest absolute Gasteiger partial charge is 0.327 e. The van der Waals surface area contributed by atoms with Gasteiger partial charge < -0.3 is 37.5 Å². The number of carbonyl (C=O) groups excluding carboxylic acids is 4. The average molecular weight is 521 g/mol. The van der Waals surface area contributed by atoms with Crippen molar-refractivity contribution in [2.24, 2.45) is 17.4 Å². The number of nitrogens with one attached hydrogen (secondary N) is 4. The van der Waals surface area contributed by atoms with Gasteiger partial charge in [-0.05, 0) is 17.5 Å². The second-order valence-electron chi connectivity index (χ2n) is 8.71. The van der Waals surface area contributed by atoms with E-state index in [0.29, 0.717) is 5.56 Å². The van der Waals surface area contributed by atoms with E-state index in [1.165, 1.54) is 0 Å². The van der Waals surface area contributed by atoms with Gasteiger partial charge in [-0.15, -0.1) is 0 Å². The number of primary amides is 1. The summed E-state index contributed by atoms with van der Waals surface area (Å²) in [7, 11) is 0. The molecular formula is C23H32N6O6S. The molecule has 196 valence electrons. The number of rotatable bonds is 13. The number of carboxylic acids is 1. The van der Waals surface area contributed by atoms with Crippen molar-refractivity contribution in [3.8, 4) is 0 Å². The molecule has 4 atom stereocenters. The van der Waals surface area contributed by atoms with Crippen LogP contribution in [0, 0.1) is 5.92 Å². The van der Waals surface area contributed by atoms with Crippen LogP contribution in [-0.4, -0.2) is 69.6 Å². The van der Waals surface area contributed by atoms with Crippen molar-refractivity contribution in [2.45, 2.75) is 50.9 Å². The van der Waals surface area contributed by atoms with Gasteiger partial charge in [0, 0.05) is 29.3 Å². The summed E-state index contributed by atoms with van der Waals surface area (Å²) in [6.45, 7) is 3.44. The van der Waals surface area contributed by atoms with Gasteiger partial charge in [-0.25, -0.2) is 4.79 Å². The maximum absolute atomic E-state index is 13.1. The molecule has 0 aliphatic carbocycles. The third-order valence-electron chi connectivity index (χ3n) is 5.59. The highest BCUT2D eigenvalue weighted by molar-refractivity contribution is 7.80. The Kier molecular flexibility index (Phi) is 10.3. The maximum atomic E-state index is 13.1. The first-order chi connectivity index (χ1) is 16.9. The summed E-state index contributed by atoms with van der Waals surface area (Å²) in [4.78, 5) is 64.7. The van der Waals surface area contributed by atoms with Crippen molar-refractivity contribution in [3.63, 3.8) is 0 Å². The first kappa shape index (κ1) is 28.7. The molecule has 0 saturated heterocycles. The Labute approximate surface area is 213 Å². The predicted molar refractivity (Wildman–Crippen MR) is 136 cm³/mol. The summed E-state index contributed by atoms with van der Waals surface area (Å²) in [5.41, 5.74) is 12.6. The highest BCUT2D eigenvalue weighted by atomic mass is 32.1. The number of amides is 4. The standard InChI is InChI=1S/C23H32N6O6S/c1-11(2)19(25)22(33)28-16(8-18(24)30)21(32)27-15(20(31)29-17(10-36)23(34)35)7-12-9-26-14-6-4-3-5-13(12)14/h3-6,9,11,15-17,19,26,36H,7-8,10,25H2,1-2H3,(H2,24,30)(H,27,32)(H,28,33)(H,29,31)(H,34,35). The van der Waals surface area contributed by atoms with Crippen LogP contribution in [0.1, 0.15) is 25.8 Å². The molecule has 0 aliphatic rings. The zero-order valence-corrected chi connectivity index (χ0v) is 20.9. The van der Waals surface area contributed by atoms with E-state index in [2.05, 4.69) is 33.6 Å². The normalized spacial score (nSPS) is 14.5. The number of nitrogens with two attached hydrogens (primary N) is 2. The summed E-state index contributed by atoms with van der Waals surface area (Å²) in [5, 5.41) is 17.4. The largest absolute Gasteiger partial charge is 0.480 e. The topological polar surface area (TPSA) is 209 Å². The minimum Gasteiger partial charge on any atom is -0.480 e. The van der Waals surface area contributed by atoms with Gasteiger partial charge in [0.1, 0.15) is 18.1 Å². The number of carbonyl (C=O) groups is 5. The Bertz CT molecular complexity index is 1120. The van der Waals surface area contributed by atoms with Gasteiger partial charge in [0.05, 0.1) is 12.5 Å². The summed E-state index contributed by atoms with van der Waals surface area (Å²) >= 11 is 3.95. The molecule has 12 nitrogen and oxygen atoms in total. The second kappa shape index (κ2) is 12.9. The molecule has 1 aromatic heterocycles. The fourth-order valence-electron chi connectivity index (χ4n) is 3.44. The van der Waals surface area contributed by atoms with Gasteiger partial charge in [-0.1, -0.05) is 32.0 Å². The highest BCUT2D eigenvalue weighted by Crippen LogP contribution is 2.19. The number of carboxylic acid groups (broad SMARTS) is 1. The van der Waals surface area contributed by atoms with Crippen LogP contribution in [-0.2, 0) is 30.4 Å². The molecule has 4 unspecified atom stereocenters. The van der Waals surface area contributed by atoms with E-state index in [9.17, 15) is 29.1 Å². The Morgan fingerprint density at radius 1 is 0.972 bits per heavy atom. The molecule has 2 rings (SSSR count). The predicted octanol–water partition coefficient (Wildman–Crippen LogP) is -0.962. The molecule has 0 saturated carbocycles. The molecule has 1 heterocycles. The molecule has 2 aromatic rings. The van der Waals surface area contributed by atoms with Crippen molar-refractivity contribution >= 4 is 53.1 Å². The van der Waals surface area contributed by atoms with Gasteiger partial charge in [0.25, 0.3) is 0 Å². The van der Waals surface area contributed by atoms with Crippen LogP contribution in [0.4, 0.5) is 0 Å². The fraction of sp³-hybridized carbons (Fsp3) is 0.435. The minimum atomic E-state index is -1.39. The van der Waals surface area contributed by atoms with Gasteiger partial charge in [-0.3, -0.25) is 19.2 Å². The monoisotopic (exact) mass is 520 g/mol. The SMILES string of the molecule is CC(C)C(N)C(=O)NC(CC(N)=O)C(=O)NC(Cc1c[nH]c2ccccc12)C(=O)NC(CS)C(=O)O. The zero-order valence-electron chi connectivity index (χ0n) is 20.0. The van der Waals surface area contributed by atoms with Gasteiger partial charge >= 0.3 is 5.97 Å². The molecule has 36 heavy (non-hydrogen) atoms. The van der Waals surface area contributed by atoms with Crippen LogP contribution < -0.4 is 27.4 Å². The third-order valence-corrected chi connectivity index (χ3v) is 5.95. The van der Waals surface area contributed by atoms with Crippen LogP contribution in [0.2, 0.25) is 0 Å². The zero-order chi connectivity index (χ0) is 27.0. The number of aromatic nitrogens is 1. The van der Waals surface area contributed by atoms with Gasteiger partial charge in [0.15, 0.2) is 0 Å². The van der Waals surface area contributed by atoms with E-state index in [1.54, 1.807) is 20.0 Å². The number of fused-ring (bicyclic) bond motifs is 1. The number of hydrogen-bond donors (Lipinski definition) is 8. The van der Waals surface area contributed by atoms with Crippen molar-refractivity contribution in [1.82, 2.24) is 20.9 Å². The van der Waals surface area contributed by atoms with E-state index in [-0.39, 0.29) is 18.1 Å². The number of benzene rings is 1. The molecule has 0 radical (unpaired) electrons. The van der Waals surface area contributed by atoms with Crippen LogP contribution in [0.25, 0.3) is 10.9 Å². The quantitative estimate of drug-likeness (QED) is 0.155. The lowest BCUT2D eigenvalue weighted by Gasteiger charge is -2.25. The second-order valence-corrected chi connectivity index (χ2v) is 9.07. The van der Waals surface area contributed by atoms with Crippen LogP contribution >= 0.6 is 12.6 Å². The van der Waals surface area contributed by atoms with Crippen LogP contribution in [0.5, 0.6) is 0 Å². The number of aliphatic carboxylic acids is 1. The maximum Gasteiger partial charge on any atom is 0.327 e. The Morgan fingerprint density at radius 3 is 2.14 bits per heavy atom. The summed E-state index contributed by atoms with van der Waals surface area (Å²) in [6, 6.07) is 2.43. The van der Waals surface area contributed by atoms with Crippen molar-refractivity contribution in [3.05, 3.63) is 36.0 Å². The van der Waals surface area contributed by atoms with E-state index < -0.39 is 60.2 Å². The van der Waals surface area contributed by atoms with Crippen molar-refractivity contribution in [2.75, 3.05) is 5.75 Å². The first-order valence-electron chi connectivity index (χ1n) is 11.3. The summed E-state index contributed by atoms with van der Waals surface area (Å²) in [6.07, 6.45) is 1.14. The van der Waals surface area contributed by atoms with E-state index in [4.69, 9.17) is 11.5 Å². The van der Waals surface area contributed by atoms with E-state index in [0.717, 1.165) is 10.9 Å². The molecular weight excluding hydrogens is 488 g/mol. The highest BCUT2D eigenvalue weighted by Gasteiger charge is 2.31. The number of thiol groups is 1. The molecule has 1 aromatic carbocycles. The lowest BCUT2D eigenvalue weighted by Crippen LogP contribution is -2.58. The number of aromatic amines is 1. The first-order valence-corrected chi connectivity index (χ1v) is 11.9. The van der Waals surface area contributed by atoms with Crippen LogP contribution in [0.3, 0.4) is 0 Å². The molecule has 0 fully saturated rings. The summed E-state index contributed by atoms with van der Waals surface area (Å²) < 4.78 is 0. The third kappa shape index (κ3) is 7.71. The Morgan fingerprint density at radius 2 is 1.56 bits per heavy atom. The lowest BCUT2D eigenvalue weighted by atomic mass is 10.0. The van der Waals surface area contributed by atoms with Gasteiger partial charge in [0.2, 0.25) is 23.6 Å². The number of para-hydroxylation sites is 1. The Hall–Kier alpha value is -3.58. The minimum absolute atomic E-state index is 0.0107. The van der Waals surface area contributed by atoms with E-state index >= 15 is 0 Å². The molecule has 0 spiro atoms. The number of hydrogen-bond acceptors (Lipinski definition) is 7. The molecule has 4 amide bonds. The molecule has 0 bridgehead atoms. The van der Waals surface area contributed by atoms with Crippen LogP contribution in [0.15, 0.2) is 30.5 Å². The van der Waals surface area contributed by atoms with Gasteiger partial charge in [-0.2, -0.15) is 12.6 Å². The van der Waals surface area contributed by atoms with E-state index in [1.807, 2.05) is 24.3 Å². The van der Waals surface area contributed by atoms with Crippen molar-refractivity contribution in [1.29, 1.82) is 0 Å². The fourth-order valence-corrected chi connectivity index (χ4v) is 3.69. The Balaban J connectivity index is 2.32. The molecule has 9 N–H and O–H groups in total. The van der Waals surface area contributed by atoms with Crippen molar-refractivity contribution < 1.29 is 29.1 Å². The molecule has 13 heteroatoms. The number of H-pyrrole nitrogens is 1.